The highest BCUT2D eigenvalue weighted by Crippen LogP contribution is 2.39. The Morgan fingerprint density at radius 2 is 1.58 bits per heavy atom. The largest absolute Gasteiger partial charge is 0.493 e. The van der Waals surface area contributed by atoms with Crippen molar-refractivity contribution in [3.8, 4) is 11.5 Å². The van der Waals surface area contributed by atoms with Crippen molar-refractivity contribution >= 4 is 15.7 Å². The molecule has 31 heavy (non-hydrogen) atoms. The van der Waals surface area contributed by atoms with Gasteiger partial charge >= 0.3 is 0 Å². The van der Waals surface area contributed by atoms with E-state index < -0.39 is 16.1 Å². The van der Waals surface area contributed by atoms with E-state index in [1.165, 1.54) is 4.41 Å². The van der Waals surface area contributed by atoms with Crippen molar-refractivity contribution in [3.05, 3.63) is 89.5 Å². The van der Waals surface area contributed by atoms with E-state index in [9.17, 15) is 8.42 Å². The van der Waals surface area contributed by atoms with E-state index in [2.05, 4.69) is 5.10 Å². The molecule has 0 saturated heterocycles. The van der Waals surface area contributed by atoms with Crippen LogP contribution in [0.3, 0.4) is 0 Å². The van der Waals surface area contributed by atoms with Crippen LogP contribution in [-0.2, 0) is 10.0 Å². The van der Waals surface area contributed by atoms with E-state index in [0.717, 1.165) is 11.1 Å². The zero-order valence-electron chi connectivity index (χ0n) is 17.6. The van der Waals surface area contributed by atoms with Gasteiger partial charge in [0.05, 0.1) is 30.9 Å². The van der Waals surface area contributed by atoms with Gasteiger partial charge in [0.2, 0.25) is 0 Å². The van der Waals surface area contributed by atoms with Crippen LogP contribution in [0.25, 0.3) is 0 Å². The van der Waals surface area contributed by atoms with Crippen LogP contribution in [0.5, 0.6) is 11.5 Å². The fourth-order valence-corrected chi connectivity index (χ4v) is 5.43. The lowest BCUT2D eigenvalue weighted by molar-refractivity contribution is 0.355. The van der Waals surface area contributed by atoms with Crippen molar-refractivity contribution in [1.82, 2.24) is 4.41 Å². The monoisotopic (exact) mass is 436 g/mol. The molecule has 0 aromatic heterocycles. The molecule has 6 nitrogen and oxygen atoms in total. The molecule has 160 valence electrons. The molecule has 1 aliphatic heterocycles. The fourth-order valence-electron chi connectivity index (χ4n) is 3.77. The highest BCUT2D eigenvalue weighted by Gasteiger charge is 2.38. The fraction of sp³-hybridized carbons (Fsp3) is 0.208. The molecule has 7 heteroatoms. The third kappa shape index (κ3) is 3.88. The second-order valence-corrected chi connectivity index (χ2v) is 9.05. The molecule has 3 aromatic carbocycles. The molecule has 0 bridgehead atoms. The van der Waals surface area contributed by atoms with E-state index in [1.807, 2.05) is 48.5 Å². The summed E-state index contributed by atoms with van der Waals surface area (Å²) in [7, 11) is -0.701. The van der Waals surface area contributed by atoms with E-state index >= 15 is 0 Å². The first-order chi connectivity index (χ1) is 15.0. The van der Waals surface area contributed by atoms with Crippen molar-refractivity contribution < 1.29 is 17.9 Å². The maximum Gasteiger partial charge on any atom is 0.279 e. The van der Waals surface area contributed by atoms with Crippen LogP contribution >= 0.6 is 0 Å². The van der Waals surface area contributed by atoms with Gasteiger partial charge in [0.25, 0.3) is 10.0 Å². The Balaban J connectivity index is 1.82. The molecule has 0 saturated carbocycles. The molecular weight excluding hydrogens is 412 g/mol. The second-order valence-electron chi connectivity index (χ2n) is 7.29. The Kier molecular flexibility index (Phi) is 5.69. The average molecular weight is 437 g/mol. The van der Waals surface area contributed by atoms with Gasteiger partial charge in [-0.2, -0.15) is 17.9 Å². The Bertz CT molecular complexity index is 1220. The third-order valence-electron chi connectivity index (χ3n) is 5.39. The highest BCUT2D eigenvalue weighted by molar-refractivity contribution is 7.89. The minimum absolute atomic E-state index is 0.258. The van der Waals surface area contributed by atoms with Gasteiger partial charge in [-0.15, -0.1) is 0 Å². The predicted molar refractivity (Wildman–Crippen MR) is 120 cm³/mol. The highest BCUT2D eigenvalue weighted by atomic mass is 32.2. The molecule has 3 aromatic rings. The van der Waals surface area contributed by atoms with Crippen LogP contribution in [0, 0.1) is 6.92 Å². The summed E-state index contributed by atoms with van der Waals surface area (Å²) in [6.07, 6.45) is 0.449. The number of benzene rings is 3. The normalized spacial score (nSPS) is 16.2. The number of nitrogens with zero attached hydrogens (tertiary/aromatic N) is 2. The van der Waals surface area contributed by atoms with Gasteiger partial charge in [-0.25, -0.2) is 0 Å². The maximum absolute atomic E-state index is 13.6. The van der Waals surface area contributed by atoms with Gasteiger partial charge in [-0.1, -0.05) is 48.5 Å². The number of hydrogen-bond donors (Lipinski definition) is 0. The first-order valence-corrected chi connectivity index (χ1v) is 11.3. The van der Waals surface area contributed by atoms with E-state index in [4.69, 9.17) is 9.47 Å². The molecule has 0 amide bonds. The van der Waals surface area contributed by atoms with Crippen LogP contribution in [0.15, 0.2) is 82.8 Å². The van der Waals surface area contributed by atoms with Crippen LogP contribution in [0.1, 0.15) is 29.2 Å². The molecule has 1 aliphatic rings. The summed E-state index contributed by atoms with van der Waals surface area (Å²) in [5, 5.41) is 4.60. The SMILES string of the molecule is COc1ccc(C2=NN(S(=O)(=O)c3ccccc3C)C(c3ccccc3)C2)cc1OC. The lowest BCUT2D eigenvalue weighted by Crippen LogP contribution is -2.27. The number of hydrazone groups is 1. The first-order valence-electron chi connectivity index (χ1n) is 9.90. The van der Waals surface area contributed by atoms with E-state index in [-0.39, 0.29) is 4.90 Å². The number of rotatable bonds is 6. The molecule has 4 rings (SSSR count). The Morgan fingerprint density at radius 1 is 0.903 bits per heavy atom. The van der Waals surface area contributed by atoms with Gasteiger partial charge in [0.15, 0.2) is 11.5 Å². The summed E-state index contributed by atoms with van der Waals surface area (Å²) in [6.45, 7) is 1.79. The molecule has 1 unspecified atom stereocenters. The van der Waals surface area contributed by atoms with Crippen molar-refractivity contribution in [1.29, 1.82) is 0 Å². The minimum atomic E-state index is -3.85. The Hall–Kier alpha value is -3.32. The van der Waals surface area contributed by atoms with E-state index in [1.54, 1.807) is 45.4 Å². The first kappa shape index (κ1) is 20.9. The molecule has 0 aliphatic carbocycles. The number of ether oxygens (including phenoxy) is 2. The maximum atomic E-state index is 13.6. The summed E-state index contributed by atoms with van der Waals surface area (Å²) in [4.78, 5) is 0.258. The van der Waals surface area contributed by atoms with Crippen molar-refractivity contribution in [2.24, 2.45) is 5.10 Å². The van der Waals surface area contributed by atoms with Crippen molar-refractivity contribution in [2.75, 3.05) is 14.2 Å². The number of hydrogen-bond acceptors (Lipinski definition) is 5. The van der Waals surface area contributed by atoms with Gasteiger partial charge in [-0.05, 0) is 42.3 Å². The van der Waals surface area contributed by atoms with Crippen LogP contribution in [0.4, 0.5) is 0 Å². The average Bonchev–Trinajstić information content (AvgIpc) is 3.26. The van der Waals surface area contributed by atoms with Gasteiger partial charge in [0, 0.05) is 12.0 Å². The lowest BCUT2D eigenvalue weighted by atomic mass is 9.99. The summed E-state index contributed by atoms with van der Waals surface area (Å²) >= 11 is 0. The summed E-state index contributed by atoms with van der Waals surface area (Å²) in [5.74, 6) is 1.17. The molecule has 0 spiro atoms. The summed E-state index contributed by atoms with van der Waals surface area (Å²) in [6, 6.07) is 21.6. The molecule has 0 radical (unpaired) electrons. The zero-order chi connectivity index (χ0) is 22.0. The number of methoxy groups -OCH3 is 2. The standard InChI is InChI=1S/C24H24N2O4S/c1-17-9-7-8-12-24(17)31(27,28)26-21(18-10-5-4-6-11-18)16-20(25-26)19-13-14-22(29-2)23(15-19)30-3/h4-15,21H,16H2,1-3H3. The van der Waals surface area contributed by atoms with Gasteiger partial charge < -0.3 is 9.47 Å². The number of sulfonamides is 1. The quantitative estimate of drug-likeness (QED) is 0.568. The topological polar surface area (TPSA) is 68.2 Å². The van der Waals surface area contributed by atoms with Crippen molar-refractivity contribution in [2.45, 2.75) is 24.3 Å². The summed E-state index contributed by atoms with van der Waals surface area (Å²) in [5.41, 5.74) is 3.04. The van der Waals surface area contributed by atoms with Gasteiger partial charge in [-0.3, -0.25) is 0 Å². The molecular formula is C24H24N2O4S. The van der Waals surface area contributed by atoms with Crippen LogP contribution < -0.4 is 9.47 Å². The second kappa shape index (κ2) is 8.43. The van der Waals surface area contributed by atoms with Crippen LogP contribution in [0.2, 0.25) is 0 Å². The molecule has 1 heterocycles. The van der Waals surface area contributed by atoms with Crippen LogP contribution in [-0.4, -0.2) is 32.8 Å². The zero-order valence-corrected chi connectivity index (χ0v) is 18.5. The lowest BCUT2D eigenvalue weighted by Gasteiger charge is -2.24. The molecule has 1 atom stereocenters. The smallest absolute Gasteiger partial charge is 0.279 e. The van der Waals surface area contributed by atoms with Crippen molar-refractivity contribution in [3.63, 3.8) is 0 Å². The Morgan fingerprint density at radius 3 is 2.26 bits per heavy atom. The summed E-state index contributed by atoms with van der Waals surface area (Å²) < 4.78 is 39.2. The van der Waals surface area contributed by atoms with Gasteiger partial charge in [0.1, 0.15) is 0 Å². The number of aryl methyl sites for hydroxylation is 1. The third-order valence-corrected chi connectivity index (χ3v) is 7.23. The Labute approximate surface area is 182 Å². The molecule has 0 fully saturated rings. The minimum Gasteiger partial charge on any atom is -0.493 e. The van der Waals surface area contributed by atoms with E-state index in [0.29, 0.717) is 29.2 Å². The molecule has 0 N–H and O–H groups in total. The predicted octanol–water partition coefficient (Wildman–Crippen LogP) is 4.55.